The Morgan fingerprint density at radius 3 is 2.33 bits per heavy atom. The van der Waals surface area contributed by atoms with E-state index in [0.717, 1.165) is 6.42 Å². The maximum absolute atomic E-state index is 9.76. The van der Waals surface area contributed by atoms with E-state index in [1.165, 1.54) is 18.9 Å². The molecule has 1 N–H and O–H groups in total. The van der Waals surface area contributed by atoms with E-state index >= 15 is 0 Å². The SMILES string of the molecule is CCCC[Si](C)(C)[C@@H]1C[C@@]1(C)O. The van der Waals surface area contributed by atoms with Gasteiger partial charge in [0.05, 0.1) is 13.7 Å². The highest BCUT2D eigenvalue weighted by molar-refractivity contribution is 6.79. The van der Waals surface area contributed by atoms with Crippen molar-refractivity contribution in [2.24, 2.45) is 0 Å². The van der Waals surface area contributed by atoms with Crippen LogP contribution in [0.15, 0.2) is 0 Å². The van der Waals surface area contributed by atoms with Crippen molar-refractivity contribution < 1.29 is 5.11 Å². The lowest BCUT2D eigenvalue weighted by Gasteiger charge is -2.23. The zero-order chi connectivity index (χ0) is 9.41. The van der Waals surface area contributed by atoms with Gasteiger partial charge in [0.25, 0.3) is 0 Å². The zero-order valence-corrected chi connectivity index (χ0v) is 9.85. The predicted molar refractivity (Wildman–Crippen MR) is 56.2 cm³/mol. The van der Waals surface area contributed by atoms with Gasteiger partial charge in [-0.15, -0.1) is 0 Å². The van der Waals surface area contributed by atoms with Gasteiger partial charge in [-0.25, -0.2) is 0 Å². The Morgan fingerprint density at radius 2 is 2.00 bits per heavy atom. The van der Waals surface area contributed by atoms with Crippen molar-refractivity contribution in [3.63, 3.8) is 0 Å². The van der Waals surface area contributed by atoms with E-state index in [9.17, 15) is 5.11 Å². The van der Waals surface area contributed by atoms with Crippen LogP contribution in [-0.4, -0.2) is 18.8 Å². The molecule has 0 saturated heterocycles. The normalized spacial score (nSPS) is 35.2. The molecule has 72 valence electrons. The fraction of sp³-hybridized carbons (Fsp3) is 1.00. The molecule has 1 nitrogen and oxygen atoms in total. The van der Waals surface area contributed by atoms with E-state index < -0.39 is 8.07 Å². The van der Waals surface area contributed by atoms with E-state index in [1.54, 1.807) is 0 Å². The lowest BCUT2D eigenvalue weighted by Crippen LogP contribution is -2.29. The molecule has 12 heavy (non-hydrogen) atoms. The summed E-state index contributed by atoms with van der Waals surface area (Å²) in [6.45, 7) is 9.09. The van der Waals surface area contributed by atoms with Crippen LogP contribution in [0.2, 0.25) is 24.7 Å². The number of hydrogen-bond donors (Lipinski definition) is 1. The molecule has 0 spiro atoms. The lowest BCUT2D eigenvalue weighted by molar-refractivity contribution is 0.171. The molecule has 1 aliphatic rings. The second-order valence-corrected chi connectivity index (χ2v) is 10.4. The van der Waals surface area contributed by atoms with Gasteiger partial charge in [0.15, 0.2) is 0 Å². The molecular weight excluding hydrogens is 164 g/mol. The van der Waals surface area contributed by atoms with E-state index in [2.05, 4.69) is 20.0 Å². The predicted octanol–water partition coefficient (Wildman–Crippen LogP) is 3.02. The fourth-order valence-corrected chi connectivity index (χ4v) is 6.54. The molecular formula is C10H22OSi. The standard InChI is InChI=1S/C10H22OSi/c1-5-6-7-12(3,4)9-8-10(9,2)11/h9,11H,5-8H2,1-4H3/t9-,10-/m1/s1. The first kappa shape index (κ1) is 10.3. The van der Waals surface area contributed by atoms with Crippen LogP contribution < -0.4 is 0 Å². The smallest absolute Gasteiger partial charge is 0.0626 e. The molecule has 0 unspecified atom stereocenters. The lowest BCUT2D eigenvalue weighted by atomic mass is 10.4. The highest BCUT2D eigenvalue weighted by Crippen LogP contribution is 2.56. The molecule has 0 heterocycles. The molecule has 1 saturated carbocycles. The molecule has 1 fully saturated rings. The summed E-state index contributed by atoms with van der Waals surface area (Å²) < 4.78 is 0. The third-order valence-corrected chi connectivity index (χ3v) is 7.68. The molecule has 0 aromatic rings. The molecule has 2 atom stereocenters. The van der Waals surface area contributed by atoms with Crippen molar-refractivity contribution in [1.29, 1.82) is 0 Å². The first-order valence-corrected chi connectivity index (χ1v) is 8.41. The highest BCUT2D eigenvalue weighted by atomic mass is 28.3. The molecule has 0 aliphatic heterocycles. The Hall–Kier alpha value is 0.177. The molecule has 1 rings (SSSR count). The maximum Gasteiger partial charge on any atom is 0.0626 e. The van der Waals surface area contributed by atoms with Gasteiger partial charge in [-0.3, -0.25) is 0 Å². The van der Waals surface area contributed by atoms with Crippen molar-refractivity contribution >= 4 is 8.07 Å². The number of rotatable bonds is 4. The largest absolute Gasteiger partial charge is 0.390 e. The Labute approximate surface area is 77.2 Å². The Morgan fingerprint density at radius 1 is 1.50 bits per heavy atom. The van der Waals surface area contributed by atoms with Crippen molar-refractivity contribution in [2.75, 3.05) is 0 Å². The monoisotopic (exact) mass is 186 g/mol. The van der Waals surface area contributed by atoms with Gasteiger partial charge in [-0.2, -0.15) is 0 Å². The Bertz CT molecular complexity index is 163. The van der Waals surface area contributed by atoms with Crippen LogP contribution in [0, 0.1) is 0 Å². The van der Waals surface area contributed by atoms with Crippen LogP contribution in [0.1, 0.15) is 33.1 Å². The summed E-state index contributed by atoms with van der Waals surface area (Å²) in [5.74, 6) is 0. The average Bonchev–Trinajstić information content (AvgIpc) is 2.57. The Balaban J connectivity index is 2.39. The second-order valence-electron chi connectivity index (χ2n) is 5.21. The third kappa shape index (κ3) is 2.11. The summed E-state index contributed by atoms with van der Waals surface area (Å²) in [7, 11) is -1.08. The number of aliphatic hydroxyl groups is 1. The van der Waals surface area contributed by atoms with Crippen molar-refractivity contribution in [2.45, 2.75) is 63.4 Å². The van der Waals surface area contributed by atoms with E-state index in [0.29, 0.717) is 5.54 Å². The third-order valence-electron chi connectivity index (χ3n) is 3.33. The van der Waals surface area contributed by atoms with Gasteiger partial charge < -0.3 is 5.11 Å². The highest BCUT2D eigenvalue weighted by Gasteiger charge is 2.56. The summed E-state index contributed by atoms with van der Waals surface area (Å²) in [5, 5.41) is 9.76. The molecule has 0 aromatic carbocycles. The van der Waals surface area contributed by atoms with Crippen LogP contribution in [0.3, 0.4) is 0 Å². The average molecular weight is 186 g/mol. The summed E-state index contributed by atoms with van der Waals surface area (Å²) in [6.07, 6.45) is 3.72. The number of unbranched alkanes of at least 4 members (excludes halogenated alkanes) is 1. The van der Waals surface area contributed by atoms with Crippen LogP contribution >= 0.6 is 0 Å². The molecule has 0 aromatic heterocycles. The van der Waals surface area contributed by atoms with Crippen LogP contribution in [0.25, 0.3) is 0 Å². The minimum absolute atomic E-state index is 0.288. The quantitative estimate of drug-likeness (QED) is 0.669. The van der Waals surface area contributed by atoms with Crippen LogP contribution in [-0.2, 0) is 0 Å². The summed E-state index contributed by atoms with van der Waals surface area (Å²) in [6, 6.07) is 1.39. The second kappa shape index (κ2) is 3.15. The topological polar surface area (TPSA) is 20.2 Å². The summed E-state index contributed by atoms with van der Waals surface area (Å²) >= 11 is 0. The molecule has 0 amide bonds. The van der Waals surface area contributed by atoms with E-state index in [-0.39, 0.29) is 5.60 Å². The maximum atomic E-state index is 9.76. The number of hydrogen-bond acceptors (Lipinski definition) is 1. The van der Waals surface area contributed by atoms with Gasteiger partial charge >= 0.3 is 0 Å². The summed E-state index contributed by atoms with van der Waals surface area (Å²) in [4.78, 5) is 0. The van der Waals surface area contributed by atoms with Gasteiger partial charge in [0.1, 0.15) is 0 Å². The first-order chi connectivity index (χ1) is 5.40. The van der Waals surface area contributed by atoms with Crippen molar-refractivity contribution in [3.05, 3.63) is 0 Å². The zero-order valence-electron chi connectivity index (χ0n) is 8.85. The van der Waals surface area contributed by atoms with Gasteiger partial charge in [-0.05, 0) is 18.9 Å². The molecule has 0 bridgehead atoms. The minimum atomic E-state index is -1.08. The molecule has 0 radical (unpaired) electrons. The van der Waals surface area contributed by atoms with Crippen LogP contribution in [0.5, 0.6) is 0 Å². The van der Waals surface area contributed by atoms with Crippen molar-refractivity contribution in [3.8, 4) is 0 Å². The van der Waals surface area contributed by atoms with E-state index in [1.807, 2.05) is 6.92 Å². The summed E-state index contributed by atoms with van der Waals surface area (Å²) in [5.41, 5.74) is 0.389. The van der Waals surface area contributed by atoms with Gasteiger partial charge in [0, 0.05) is 0 Å². The molecule has 1 aliphatic carbocycles. The van der Waals surface area contributed by atoms with Gasteiger partial charge in [0.2, 0.25) is 0 Å². The molecule has 2 heteroatoms. The first-order valence-electron chi connectivity index (χ1n) is 5.12. The fourth-order valence-electron chi connectivity index (χ4n) is 2.28. The van der Waals surface area contributed by atoms with Gasteiger partial charge in [-0.1, -0.05) is 38.9 Å². The van der Waals surface area contributed by atoms with Crippen LogP contribution in [0.4, 0.5) is 0 Å². The Kier molecular flexibility index (Phi) is 2.69. The minimum Gasteiger partial charge on any atom is -0.390 e. The van der Waals surface area contributed by atoms with Crippen molar-refractivity contribution in [1.82, 2.24) is 0 Å². The van der Waals surface area contributed by atoms with E-state index in [4.69, 9.17) is 0 Å².